The van der Waals surface area contributed by atoms with Gasteiger partial charge >= 0.3 is 0 Å². The maximum absolute atomic E-state index is 13.4. The zero-order chi connectivity index (χ0) is 29.1. The van der Waals surface area contributed by atoms with Crippen molar-refractivity contribution in [2.45, 2.75) is 114 Å². The SMILES string of the molecule is CC(C)(C)NC(=O)[C@@H]1CC2CCCCC2CN1C[C@@H](O)[C@H](Cc1ccccc1)NC(=O)CC1(C)CCCS1(=O)=O. The summed E-state index contributed by atoms with van der Waals surface area (Å²) in [7, 11) is -3.34. The molecule has 40 heavy (non-hydrogen) atoms. The zero-order valence-electron chi connectivity index (χ0n) is 24.7. The van der Waals surface area contributed by atoms with E-state index in [9.17, 15) is 23.1 Å². The smallest absolute Gasteiger partial charge is 0.237 e. The maximum Gasteiger partial charge on any atom is 0.237 e. The van der Waals surface area contributed by atoms with Gasteiger partial charge in [0.15, 0.2) is 9.84 Å². The number of carbonyl (C=O) groups excluding carboxylic acids is 2. The standard InChI is InChI=1S/C31H49N3O5S/c1-30(2,3)33-29(37)26-18-23-13-8-9-14-24(23)20-34(26)21-27(35)25(17-22-11-6-5-7-12-22)32-28(36)19-31(4)15-10-16-40(31,38)39/h5-7,11-12,23-27,35H,8-10,13-21H2,1-4H3,(H,32,36)(H,33,37)/t23?,24?,25-,26-,27+,31?/m0/s1. The number of piperidine rings is 1. The minimum atomic E-state index is -3.34. The molecule has 2 amide bonds. The molecule has 2 saturated heterocycles. The van der Waals surface area contributed by atoms with Crippen molar-refractivity contribution >= 4 is 21.7 Å². The lowest BCUT2D eigenvalue weighted by Gasteiger charge is -2.47. The molecule has 9 heteroatoms. The molecular weight excluding hydrogens is 526 g/mol. The second kappa shape index (κ2) is 12.5. The van der Waals surface area contributed by atoms with Crippen LogP contribution in [0.2, 0.25) is 0 Å². The molecule has 0 bridgehead atoms. The number of hydrogen-bond acceptors (Lipinski definition) is 6. The third kappa shape index (κ3) is 7.65. The minimum absolute atomic E-state index is 0.00765. The first kappa shape index (κ1) is 31.0. The quantitative estimate of drug-likeness (QED) is 0.417. The zero-order valence-corrected chi connectivity index (χ0v) is 25.5. The highest BCUT2D eigenvalue weighted by atomic mass is 32.2. The van der Waals surface area contributed by atoms with Crippen LogP contribution < -0.4 is 10.6 Å². The number of β-amino-alcohol motifs (C(OH)–C–C–N with tert-alkyl or cyclic N) is 1. The fourth-order valence-corrected chi connectivity index (χ4v) is 8.80. The van der Waals surface area contributed by atoms with Crippen molar-refractivity contribution in [1.29, 1.82) is 0 Å². The number of sulfone groups is 1. The normalized spacial score (nSPS) is 30.2. The van der Waals surface area contributed by atoms with Crippen molar-refractivity contribution < 1.29 is 23.1 Å². The molecule has 2 aliphatic heterocycles. The summed E-state index contributed by atoms with van der Waals surface area (Å²) in [5, 5.41) is 17.8. The molecule has 1 aromatic rings. The number of likely N-dealkylation sites (tertiary alicyclic amines) is 1. The van der Waals surface area contributed by atoms with Crippen LogP contribution >= 0.6 is 0 Å². The van der Waals surface area contributed by atoms with Crippen molar-refractivity contribution in [1.82, 2.24) is 15.5 Å². The van der Waals surface area contributed by atoms with E-state index >= 15 is 0 Å². The molecule has 8 nitrogen and oxygen atoms in total. The van der Waals surface area contributed by atoms with E-state index < -0.39 is 26.7 Å². The largest absolute Gasteiger partial charge is 0.390 e. The summed E-state index contributed by atoms with van der Waals surface area (Å²) in [6.07, 6.45) is 5.88. The average Bonchev–Trinajstić information content (AvgIpc) is 3.13. The van der Waals surface area contributed by atoms with Crippen LogP contribution in [0.15, 0.2) is 30.3 Å². The predicted molar refractivity (Wildman–Crippen MR) is 157 cm³/mol. The first-order chi connectivity index (χ1) is 18.8. The van der Waals surface area contributed by atoms with Gasteiger partial charge in [0.05, 0.1) is 28.7 Å². The Balaban J connectivity index is 1.52. The van der Waals surface area contributed by atoms with Gasteiger partial charge < -0.3 is 15.7 Å². The third-order valence-electron chi connectivity index (χ3n) is 9.24. The lowest BCUT2D eigenvalue weighted by atomic mass is 9.72. The number of nitrogens with zero attached hydrogens (tertiary/aromatic N) is 1. The monoisotopic (exact) mass is 575 g/mol. The lowest BCUT2D eigenvalue weighted by Crippen LogP contribution is -2.60. The highest BCUT2D eigenvalue weighted by Gasteiger charge is 2.46. The van der Waals surface area contributed by atoms with Gasteiger partial charge in [-0.1, -0.05) is 49.6 Å². The molecule has 0 spiro atoms. The van der Waals surface area contributed by atoms with Gasteiger partial charge in [-0.2, -0.15) is 0 Å². The first-order valence-corrected chi connectivity index (χ1v) is 16.7. The average molecular weight is 576 g/mol. The van der Waals surface area contributed by atoms with E-state index in [2.05, 4.69) is 15.5 Å². The third-order valence-corrected chi connectivity index (χ3v) is 11.9. The van der Waals surface area contributed by atoms with Gasteiger partial charge in [0.25, 0.3) is 0 Å². The van der Waals surface area contributed by atoms with Gasteiger partial charge in [0.1, 0.15) is 0 Å². The van der Waals surface area contributed by atoms with Gasteiger partial charge in [-0.15, -0.1) is 0 Å². The molecule has 3 fully saturated rings. The molecule has 0 radical (unpaired) electrons. The second-order valence-electron chi connectivity index (χ2n) is 13.7. The van der Waals surface area contributed by atoms with Crippen LogP contribution in [0, 0.1) is 11.8 Å². The van der Waals surface area contributed by atoms with Crippen molar-refractivity contribution in [2.75, 3.05) is 18.8 Å². The number of amides is 2. The number of fused-ring (bicyclic) bond motifs is 1. The highest BCUT2D eigenvalue weighted by Crippen LogP contribution is 2.39. The van der Waals surface area contributed by atoms with E-state index in [1.54, 1.807) is 6.92 Å². The molecule has 2 heterocycles. The Morgan fingerprint density at radius 1 is 1.10 bits per heavy atom. The number of nitrogens with one attached hydrogen (secondary N) is 2. The van der Waals surface area contributed by atoms with Gasteiger partial charge in [0, 0.05) is 25.0 Å². The van der Waals surface area contributed by atoms with Crippen molar-refractivity contribution in [2.24, 2.45) is 11.8 Å². The summed E-state index contributed by atoms with van der Waals surface area (Å²) in [4.78, 5) is 28.8. The lowest BCUT2D eigenvalue weighted by molar-refractivity contribution is -0.133. The van der Waals surface area contributed by atoms with Crippen LogP contribution in [0.4, 0.5) is 0 Å². The Bertz CT molecular complexity index is 1140. The van der Waals surface area contributed by atoms with Gasteiger partial charge in [-0.05, 0) is 77.2 Å². The van der Waals surface area contributed by atoms with E-state index in [-0.39, 0.29) is 42.1 Å². The van der Waals surface area contributed by atoms with Crippen molar-refractivity contribution in [3.63, 3.8) is 0 Å². The molecule has 4 rings (SSSR count). The van der Waals surface area contributed by atoms with Crippen molar-refractivity contribution in [3.8, 4) is 0 Å². The molecule has 1 aromatic carbocycles. The fraction of sp³-hybridized carbons (Fsp3) is 0.742. The Hall–Kier alpha value is -1.97. The Kier molecular flexibility index (Phi) is 9.67. The van der Waals surface area contributed by atoms with Gasteiger partial charge in [-0.3, -0.25) is 14.5 Å². The molecule has 1 saturated carbocycles. The van der Waals surface area contributed by atoms with E-state index in [0.29, 0.717) is 31.1 Å². The molecule has 3 aliphatic rings. The summed E-state index contributed by atoms with van der Waals surface area (Å²) in [6.45, 7) is 8.61. The number of benzene rings is 1. The predicted octanol–water partition coefficient (Wildman–Crippen LogP) is 3.23. The molecular formula is C31H49N3O5S. The van der Waals surface area contributed by atoms with Crippen LogP contribution in [0.25, 0.3) is 0 Å². The Morgan fingerprint density at radius 3 is 2.40 bits per heavy atom. The van der Waals surface area contributed by atoms with Crippen LogP contribution in [0.3, 0.4) is 0 Å². The number of hydrogen-bond donors (Lipinski definition) is 3. The molecule has 3 unspecified atom stereocenters. The van der Waals surface area contributed by atoms with Crippen LogP contribution in [0.1, 0.15) is 84.6 Å². The molecule has 3 N–H and O–H groups in total. The maximum atomic E-state index is 13.4. The van der Waals surface area contributed by atoms with E-state index in [4.69, 9.17) is 0 Å². The summed E-state index contributed by atoms with van der Waals surface area (Å²) in [5.41, 5.74) is 0.616. The van der Waals surface area contributed by atoms with Gasteiger partial charge in [-0.25, -0.2) is 8.42 Å². The molecule has 0 aromatic heterocycles. The molecule has 6 atom stereocenters. The summed E-state index contributed by atoms with van der Waals surface area (Å²) in [5.74, 6) is 0.774. The Morgan fingerprint density at radius 2 is 1.77 bits per heavy atom. The number of aliphatic hydroxyl groups excluding tert-OH is 1. The highest BCUT2D eigenvalue weighted by molar-refractivity contribution is 7.93. The first-order valence-electron chi connectivity index (χ1n) is 15.1. The topological polar surface area (TPSA) is 116 Å². The van der Waals surface area contributed by atoms with E-state index in [1.165, 1.54) is 12.8 Å². The number of carbonyl (C=O) groups is 2. The molecule has 1 aliphatic carbocycles. The second-order valence-corrected chi connectivity index (χ2v) is 16.4. The molecule has 224 valence electrons. The van der Waals surface area contributed by atoms with Gasteiger partial charge in [0.2, 0.25) is 11.8 Å². The summed E-state index contributed by atoms with van der Waals surface area (Å²) >= 11 is 0. The summed E-state index contributed by atoms with van der Waals surface area (Å²) < 4.78 is 24.2. The van der Waals surface area contributed by atoms with Crippen molar-refractivity contribution in [3.05, 3.63) is 35.9 Å². The van der Waals surface area contributed by atoms with E-state index in [1.807, 2.05) is 51.1 Å². The summed E-state index contributed by atoms with van der Waals surface area (Å²) in [6, 6.07) is 8.75. The Labute approximate surface area is 240 Å². The van der Waals surface area contributed by atoms with E-state index in [0.717, 1.165) is 31.4 Å². The minimum Gasteiger partial charge on any atom is -0.390 e. The van der Waals surface area contributed by atoms with Crippen LogP contribution in [-0.4, -0.2) is 77.6 Å². The fourth-order valence-electron chi connectivity index (χ4n) is 6.98. The number of rotatable bonds is 9. The number of aliphatic hydroxyl groups is 1. The van der Waals surface area contributed by atoms with Crippen LogP contribution in [-0.2, 0) is 25.8 Å². The van der Waals surface area contributed by atoms with Crippen LogP contribution in [0.5, 0.6) is 0 Å².